The molecule has 0 unspecified atom stereocenters. The first-order valence-electron chi connectivity index (χ1n) is 12.3. The monoisotopic (exact) mass is 539 g/mol. The third-order valence-corrected chi connectivity index (χ3v) is 6.66. The highest BCUT2D eigenvalue weighted by Crippen LogP contribution is 2.37. The second kappa shape index (κ2) is 10.1. The first-order chi connectivity index (χ1) is 18.5. The molecular weight excluding hydrogens is 514 g/mol. The van der Waals surface area contributed by atoms with Gasteiger partial charge >= 0.3 is 6.18 Å². The molecule has 2 aromatic carbocycles. The maximum Gasteiger partial charge on any atom is 0.406 e. The minimum Gasteiger partial charge on any atom is -0.496 e. The summed E-state index contributed by atoms with van der Waals surface area (Å²) in [6.45, 7) is 2.29. The van der Waals surface area contributed by atoms with Gasteiger partial charge in [-0.05, 0) is 68.7 Å². The Morgan fingerprint density at radius 1 is 1.05 bits per heavy atom. The smallest absolute Gasteiger partial charge is 0.406 e. The van der Waals surface area contributed by atoms with E-state index in [-0.39, 0.29) is 24.1 Å². The lowest BCUT2D eigenvalue weighted by molar-refractivity contribution is -0.134. The van der Waals surface area contributed by atoms with Gasteiger partial charge in [-0.15, -0.1) is 5.10 Å². The number of nitrogens with zero attached hydrogens (tertiary/aromatic N) is 5. The number of amides is 1. The Hall–Kier alpha value is -4.28. The molecule has 1 atom stereocenters. The maximum atomic E-state index is 14.5. The third-order valence-electron chi connectivity index (χ3n) is 6.66. The zero-order chi connectivity index (χ0) is 27.9. The number of aromatic nitrogens is 4. The molecule has 0 bridgehead atoms. The number of rotatable bonds is 5. The van der Waals surface area contributed by atoms with Crippen molar-refractivity contribution < 1.29 is 27.1 Å². The molecule has 11 heteroatoms. The number of methoxy groups -OCH3 is 1. The van der Waals surface area contributed by atoms with Crippen molar-refractivity contribution >= 4 is 11.6 Å². The number of aryl methyl sites for hydroxylation is 2. The topological polar surface area (TPSA) is 73.1 Å². The van der Waals surface area contributed by atoms with Gasteiger partial charge in [0.1, 0.15) is 29.8 Å². The molecule has 0 spiro atoms. The lowest BCUT2D eigenvalue weighted by Crippen LogP contribution is -2.42. The second-order valence-electron chi connectivity index (χ2n) is 9.47. The van der Waals surface area contributed by atoms with Crippen molar-refractivity contribution in [2.24, 2.45) is 0 Å². The van der Waals surface area contributed by atoms with E-state index in [1.54, 1.807) is 13.2 Å². The Bertz CT molecular complexity index is 1530. The summed E-state index contributed by atoms with van der Waals surface area (Å²) in [5.74, 6) is -0.900. The van der Waals surface area contributed by atoms with Gasteiger partial charge in [0.05, 0.1) is 19.0 Å². The average Bonchev–Trinajstić information content (AvgIpc) is 3.31. The summed E-state index contributed by atoms with van der Waals surface area (Å²) in [6.07, 6.45) is -3.04. The number of halogens is 4. The zero-order valence-corrected chi connectivity index (χ0v) is 21.5. The fourth-order valence-corrected chi connectivity index (χ4v) is 4.98. The molecule has 2 aromatic heterocycles. The third kappa shape index (κ3) is 5.34. The standard InChI is InChI=1S/C28H25F4N5O2/c1-16-11-19(12-17(2)33-16)20-8-7-18(13-26(20)39-3)23-14-37(35-34-23)25-10-9-21-22(29)5-4-6-24(21)36(27(25)38)15-28(30,31)32/h4-8,11-14,25H,9-10,15H2,1-3H3/t25-/m0/s1. The normalized spacial score (nSPS) is 15.7. The molecule has 1 aliphatic rings. The Balaban J connectivity index is 1.48. The summed E-state index contributed by atoms with van der Waals surface area (Å²) in [7, 11) is 1.55. The summed E-state index contributed by atoms with van der Waals surface area (Å²) >= 11 is 0. The van der Waals surface area contributed by atoms with Crippen molar-refractivity contribution in [3.8, 4) is 28.1 Å². The van der Waals surface area contributed by atoms with Crippen LogP contribution >= 0.6 is 0 Å². The number of anilines is 1. The van der Waals surface area contributed by atoms with Gasteiger partial charge in [-0.1, -0.05) is 17.3 Å². The highest BCUT2D eigenvalue weighted by atomic mass is 19.4. The van der Waals surface area contributed by atoms with E-state index in [4.69, 9.17) is 4.74 Å². The summed E-state index contributed by atoms with van der Waals surface area (Å²) in [5.41, 5.74) is 4.57. The van der Waals surface area contributed by atoms with Crippen molar-refractivity contribution in [3.05, 3.63) is 77.5 Å². The molecular formula is C28H25F4N5O2. The fraction of sp³-hybridized carbons (Fsp3) is 0.286. The highest BCUT2D eigenvalue weighted by molar-refractivity contribution is 5.97. The number of carbonyl (C=O) groups is 1. The zero-order valence-electron chi connectivity index (χ0n) is 21.5. The van der Waals surface area contributed by atoms with Gasteiger partial charge in [-0.25, -0.2) is 9.07 Å². The minimum atomic E-state index is -4.67. The molecule has 202 valence electrons. The van der Waals surface area contributed by atoms with E-state index < -0.39 is 30.5 Å². The summed E-state index contributed by atoms with van der Waals surface area (Å²) in [5, 5.41) is 8.26. The first kappa shape index (κ1) is 26.3. The molecule has 4 aromatic rings. The van der Waals surface area contributed by atoms with Crippen LogP contribution in [-0.4, -0.2) is 45.7 Å². The van der Waals surface area contributed by atoms with E-state index in [2.05, 4.69) is 15.3 Å². The van der Waals surface area contributed by atoms with Crippen molar-refractivity contribution in [3.63, 3.8) is 0 Å². The van der Waals surface area contributed by atoms with Gasteiger partial charge in [-0.3, -0.25) is 9.78 Å². The second-order valence-corrected chi connectivity index (χ2v) is 9.47. The quantitative estimate of drug-likeness (QED) is 0.298. The van der Waals surface area contributed by atoms with Crippen molar-refractivity contribution in [1.29, 1.82) is 0 Å². The molecule has 5 rings (SSSR count). The molecule has 0 fully saturated rings. The highest BCUT2D eigenvalue weighted by Gasteiger charge is 2.40. The molecule has 0 saturated heterocycles. The van der Waals surface area contributed by atoms with Gasteiger partial charge in [0.15, 0.2) is 0 Å². The van der Waals surface area contributed by atoms with E-state index >= 15 is 0 Å². The van der Waals surface area contributed by atoms with Crippen LogP contribution in [0.3, 0.4) is 0 Å². The van der Waals surface area contributed by atoms with Crippen molar-refractivity contribution in [1.82, 2.24) is 20.0 Å². The SMILES string of the molecule is COc1cc(-c2cn([C@H]3CCc4c(F)cccc4N(CC(F)(F)F)C3=O)nn2)ccc1-c1cc(C)nc(C)c1. The fourth-order valence-electron chi connectivity index (χ4n) is 4.98. The van der Waals surface area contributed by atoms with E-state index in [1.165, 1.54) is 29.1 Å². The van der Waals surface area contributed by atoms with E-state index in [1.807, 2.05) is 38.1 Å². The minimum absolute atomic E-state index is 0.0624. The molecule has 0 radical (unpaired) electrons. The van der Waals surface area contributed by atoms with Crippen LogP contribution in [0, 0.1) is 19.7 Å². The van der Waals surface area contributed by atoms with Gasteiger partial charge < -0.3 is 9.64 Å². The van der Waals surface area contributed by atoms with E-state index in [9.17, 15) is 22.4 Å². The summed E-state index contributed by atoms with van der Waals surface area (Å²) < 4.78 is 61.7. The first-order valence-corrected chi connectivity index (χ1v) is 12.3. The lowest BCUT2D eigenvalue weighted by Gasteiger charge is -2.26. The van der Waals surface area contributed by atoms with Crippen molar-refractivity contribution in [2.75, 3.05) is 18.6 Å². The van der Waals surface area contributed by atoms with Crippen LogP contribution in [0.2, 0.25) is 0 Å². The van der Waals surface area contributed by atoms with E-state index in [0.717, 1.165) is 22.5 Å². The predicted molar refractivity (Wildman–Crippen MR) is 137 cm³/mol. The number of hydrogen-bond acceptors (Lipinski definition) is 5. The van der Waals surface area contributed by atoms with Crippen molar-refractivity contribution in [2.45, 2.75) is 38.9 Å². The van der Waals surface area contributed by atoms with Crippen LogP contribution < -0.4 is 9.64 Å². The number of ether oxygens (including phenoxy) is 1. The van der Waals surface area contributed by atoms with Crippen LogP contribution in [0.1, 0.15) is 29.4 Å². The molecule has 1 aliphatic heterocycles. The van der Waals surface area contributed by atoms with Gasteiger partial charge in [0.2, 0.25) is 0 Å². The largest absolute Gasteiger partial charge is 0.496 e. The Morgan fingerprint density at radius 2 is 1.79 bits per heavy atom. The summed E-state index contributed by atoms with van der Waals surface area (Å²) in [4.78, 5) is 18.4. The average molecular weight is 540 g/mol. The molecule has 0 N–H and O–H groups in total. The van der Waals surface area contributed by atoms with Gasteiger partial charge in [-0.2, -0.15) is 13.2 Å². The Kier molecular flexibility index (Phi) is 6.83. The summed E-state index contributed by atoms with van der Waals surface area (Å²) in [6, 6.07) is 12.1. The van der Waals surface area contributed by atoms with Crippen LogP contribution in [0.25, 0.3) is 22.4 Å². The number of alkyl halides is 3. The molecule has 0 saturated carbocycles. The lowest BCUT2D eigenvalue weighted by atomic mass is 10.0. The van der Waals surface area contributed by atoms with E-state index in [0.29, 0.717) is 21.9 Å². The molecule has 3 heterocycles. The number of hydrogen-bond donors (Lipinski definition) is 0. The predicted octanol–water partition coefficient (Wildman–Crippen LogP) is 5.85. The Morgan fingerprint density at radius 3 is 2.49 bits per heavy atom. The molecule has 0 aliphatic carbocycles. The van der Waals surface area contributed by atoms with Crippen LogP contribution in [0.4, 0.5) is 23.2 Å². The number of benzene rings is 2. The molecule has 39 heavy (non-hydrogen) atoms. The number of carbonyl (C=O) groups excluding carboxylic acids is 1. The Labute approximate surface area is 222 Å². The van der Waals surface area contributed by atoms with Crippen LogP contribution in [-0.2, 0) is 11.2 Å². The van der Waals surface area contributed by atoms with Gasteiger partial charge in [0.25, 0.3) is 5.91 Å². The van der Waals surface area contributed by atoms with Crippen LogP contribution in [0.5, 0.6) is 5.75 Å². The number of pyridine rings is 1. The maximum absolute atomic E-state index is 14.5. The van der Waals surface area contributed by atoms with Crippen LogP contribution in [0.15, 0.2) is 54.7 Å². The number of fused-ring (bicyclic) bond motifs is 1. The molecule has 7 nitrogen and oxygen atoms in total. The molecule has 1 amide bonds. The van der Waals surface area contributed by atoms with Gasteiger partial charge in [0, 0.05) is 28.1 Å².